The van der Waals surface area contributed by atoms with Crippen molar-refractivity contribution in [2.45, 2.75) is 25.4 Å². The fraction of sp³-hybridized carbons (Fsp3) is 0.417. The highest BCUT2D eigenvalue weighted by Gasteiger charge is 2.37. The van der Waals surface area contributed by atoms with Crippen molar-refractivity contribution < 1.29 is 9.18 Å². The number of amides is 1. The summed E-state index contributed by atoms with van der Waals surface area (Å²) in [4.78, 5) is 13.3. The predicted octanol–water partition coefficient (Wildman–Crippen LogP) is 1.45. The number of likely N-dealkylation sites (N-methyl/N-ethyl adjacent to an activating group) is 1. The lowest BCUT2D eigenvalue weighted by atomic mass is 10.0. The molecule has 0 aromatic heterocycles. The second kappa shape index (κ2) is 4.22. The number of likely N-dealkylation sites (tertiary alicyclic amines) is 1. The molecule has 1 heterocycles. The zero-order valence-corrected chi connectivity index (χ0v) is 9.19. The Morgan fingerprint density at radius 3 is 2.94 bits per heavy atom. The Hall–Kier alpha value is -1.42. The SMILES string of the molecule is CCN1C(=O)C[C@H](N)[C@H]1c1cccc(F)c1. The van der Waals surface area contributed by atoms with E-state index in [0.29, 0.717) is 13.0 Å². The van der Waals surface area contributed by atoms with Crippen molar-refractivity contribution in [3.8, 4) is 0 Å². The quantitative estimate of drug-likeness (QED) is 0.823. The van der Waals surface area contributed by atoms with E-state index in [4.69, 9.17) is 5.73 Å². The number of carbonyl (C=O) groups excluding carboxylic acids is 1. The van der Waals surface area contributed by atoms with Gasteiger partial charge in [-0.1, -0.05) is 12.1 Å². The van der Waals surface area contributed by atoms with Gasteiger partial charge in [-0.05, 0) is 24.6 Å². The van der Waals surface area contributed by atoms with Crippen LogP contribution in [0, 0.1) is 5.82 Å². The Morgan fingerprint density at radius 1 is 1.56 bits per heavy atom. The molecule has 0 spiro atoms. The van der Waals surface area contributed by atoms with Crippen LogP contribution in [0.2, 0.25) is 0 Å². The molecule has 0 bridgehead atoms. The van der Waals surface area contributed by atoms with E-state index < -0.39 is 0 Å². The third-order valence-electron chi connectivity index (χ3n) is 3.00. The van der Waals surface area contributed by atoms with Crippen LogP contribution in [-0.4, -0.2) is 23.4 Å². The minimum Gasteiger partial charge on any atom is -0.334 e. The number of hydrogen-bond donors (Lipinski definition) is 1. The molecule has 1 amide bonds. The highest BCUT2D eigenvalue weighted by Crippen LogP contribution is 2.31. The normalized spacial score (nSPS) is 25.2. The Bertz CT molecular complexity index is 408. The van der Waals surface area contributed by atoms with E-state index in [1.807, 2.05) is 13.0 Å². The first kappa shape index (κ1) is 11.1. The Labute approximate surface area is 94.0 Å². The van der Waals surface area contributed by atoms with Gasteiger partial charge >= 0.3 is 0 Å². The molecule has 0 aliphatic carbocycles. The van der Waals surface area contributed by atoms with Crippen molar-refractivity contribution in [3.63, 3.8) is 0 Å². The van der Waals surface area contributed by atoms with Crippen molar-refractivity contribution in [1.29, 1.82) is 0 Å². The Morgan fingerprint density at radius 2 is 2.31 bits per heavy atom. The average Bonchev–Trinajstić information content (AvgIpc) is 2.52. The predicted molar refractivity (Wildman–Crippen MR) is 59.1 cm³/mol. The second-order valence-corrected chi connectivity index (χ2v) is 4.05. The maximum atomic E-state index is 13.1. The number of nitrogens with two attached hydrogens (primary N) is 1. The molecule has 1 saturated heterocycles. The first-order valence-corrected chi connectivity index (χ1v) is 5.44. The third kappa shape index (κ3) is 1.80. The standard InChI is InChI=1S/C12H15FN2O/c1-2-15-11(16)7-10(14)12(15)8-4-3-5-9(13)6-8/h3-6,10,12H,2,7,14H2,1H3/t10-,12+/m0/s1. The van der Waals surface area contributed by atoms with E-state index >= 15 is 0 Å². The van der Waals surface area contributed by atoms with Crippen LogP contribution in [0.4, 0.5) is 4.39 Å². The van der Waals surface area contributed by atoms with E-state index in [1.54, 1.807) is 11.0 Å². The smallest absolute Gasteiger partial charge is 0.224 e. The van der Waals surface area contributed by atoms with Gasteiger partial charge in [0.2, 0.25) is 5.91 Å². The molecule has 4 heteroatoms. The summed E-state index contributed by atoms with van der Waals surface area (Å²) in [5.41, 5.74) is 6.71. The molecule has 3 nitrogen and oxygen atoms in total. The summed E-state index contributed by atoms with van der Waals surface area (Å²) in [5.74, 6) is -0.246. The van der Waals surface area contributed by atoms with Crippen LogP contribution in [0.5, 0.6) is 0 Å². The summed E-state index contributed by atoms with van der Waals surface area (Å²) in [6.45, 7) is 2.51. The summed E-state index contributed by atoms with van der Waals surface area (Å²) in [7, 11) is 0. The van der Waals surface area contributed by atoms with Gasteiger partial charge in [0.05, 0.1) is 6.04 Å². The molecule has 1 aromatic carbocycles. The fourth-order valence-corrected chi connectivity index (χ4v) is 2.31. The number of halogens is 1. The minimum atomic E-state index is -0.292. The van der Waals surface area contributed by atoms with Crippen molar-refractivity contribution in [2.24, 2.45) is 5.73 Å². The van der Waals surface area contributed by atoms with Crippen LogP contribution < -0.4 is 5.73 Å². The summed E-state index contributed by atoms with van der Waals surface area (Å²) in [5, 5.41) is 0. The van der Waals surface area contributed by atoms with Crippen LogP contribution in [0.3, 0.4) is 0 Å². The van der Waals surface area contributed by atoms with Crippen LogP contribution in [-0.2, 0) is 4.79 Å². The Balaban J connectivity index is 2.35. The van der Waals surface area contributed by atoms with Crippen molar-refractivity contribution in [3.05, 3.63) is 35.6 Å². The van der Waals surface area contributed by atoms with Gasteiger partial charge in [-0.25, -0.2) is 4.39 Å². The molecular formula is C12H15FN2O. The molecule has 1 aliphatic heterocycles. The van der Waals surface area contributed by atoms with E-state index in [1.165, 1.54) is 12.1 Å². The average molecular weight is 222 g/mol. The Kier molecular flexibility index (Phi) is 2.92. The number of nitrogens with zero attached hydrogens (tertiary/aromatic N) is 1. The highest BCUT2D eigenvalue weighted by atomic mass is 19.1. The molecule has 16 heavy (non-hydrogen) atoms. The van der Waals surface area contributed by atoms with Gasteiger partial charge in [-0.3, -0.25) is 4.79 Å². The highest BCUT2D eigenvalue weighted by molar-refractivity contribution is 5.80. The lowest BCUT2D eigenvalue weighted by Gasteiger charge is -2.25. The first-order chi connectivity index (χ1) is 7.63. The molecular weight excluding hydrogens is 207 g/mol. The maximum Gasteiger partial charge on any atom is 0.224 e. The number of rotatable bonds is 2. The molecule has 0 saturated carbocycles. The van der Waals surface area contributed by atoms with Gasteiger partial charge in [0.15, 0.2) is 0 Å². The summed E-state index contributed by atoms with van der Waals surface area (Å²) in [6, 6.07) is 5.87. The molecule has 2 rings (SSSR count). The van der Waals surface area contributed by atoms with E-state index in [0.717, 1.165) is 5.56 Å². The first-order valence-electron chi connectivity index (χ1n) is 5.44. The molecule has 0 unspecified atom stereocenters. The molecule has 1 fully saturated rings. The lowest BCUT2D eigenvalue weighted by Crippen LogP contribution is -2.32. The van der Waals surface area contributed by atoms with Gasteiger partial charge in [-0.15, -0.1) is 0 Å². The summed E-state index contributed by atoms with van der Waals surface area (Å²) < 4.78 is 13.1. The summed E-state index contributed by atoms with van der Waals surface area (Å²) >= 11 is 0. The van der Waals surface area contributed by atoms with E-state index in [9.17, 15) is 9.18 Å². The number of benzene rings is 1. The van der Waals surface area contributed by atoms with Crippen molar-refractivity contribution >= 4 is 5.91 Å². The fourth-order valence-electron chi connectivity index (χ4n) is 2.31. The molecule has 86 valence electrons. The number of carbonyl (C=O) groups is 1. The molecule has 2 N–H and O–H groups in total. The molecule has 1 aromatic rings. The molecule has 0 radical (unpaired) electrons. The second-order valence-electron chi connectivity index (χ2n) is 4.05. The third-order valence-corrected chi connectivity index (χ3v) is 3.00. The zero-order chi connectivity index (χ0) is 11.7. The molecule has 1 aliphatic rings. The van der Waals surface area contributed by atoms with Gasteiger partial charge in [0.1, 0.15) is 5.82 Å². The number of hydrogen-bond acceptors (Lipinski definition) is 2. The topological polar surface area (TPSA) is 46.3 Å². The van der Waals surface area contributed by atoms with Gasteiger partial charge in [0.25, 0.3) is 0 Å². The van der Waals surface area contributed by atoms with E-state index in [-0.39, 0.29) is 23.8 Å². The summed E-state index contributed by atoms with van der Waals surface area (Å²) in [6.07, 6.45) is 0.342. The zero-order valence-electron chi connectivity index (χ0n) is 9.19. The monoisotopic (exact) mass is 222 g/mol. The lowest BCUT2D eigenvalue weighted by molar-refractivity contribution is -0.128. The van der Waals surface area contributed by atoms with Crippen LogP contribution in [0.1, 0.15) is 24.9 Å². The van der Waals surface area contributed by atoms with Gasteiger partial charge < -0.3 is 10.6 Å². The molecule has 2 atom stereocenters. The van der Waals surface area contributed by atoms with Crippen LogP contribution in [0.25, 0.3) is 0 Å². The largest absolute Gasteiger partial charge is 0.334 e. The van der Waals surface area contributed by atoms with E-state index in [2.05, 4.69) is 0 Å². The van der Waals surface area contributed by atoms with Crippen LogP contribution in [0.15, 0.2) is 24.3 Å². The maximum absolute atomic E-state index is 13.1. The van der Waals surface area contributed by atoms with Crippen molar-refractivity contribution in [1.82, 2.24) is 4.90 Å². The van der Waals surface area contributed by atoms with Crippen LogP contribution >= 0.6 is 0 Å². The van der Waals surface area contributed by atoms with Crippen molar-refractivity contribution in [2.75, 3.05) is 6.54 Å². The minimum absolute atomic E-state index is 0.0456. The van der Waals surface area contributed by atoms with Gasteiger partial charge in [-0.2, -0.15) is 0 Å². The van der Waals surface area contributed by atoms with Gasteiger partial charge in [0, 0.05) is 19.0 Å².